The Hall–Kier alpha value is -3.34. The molecule has 2 heterocycles. The molecule has 198 valence electrons. The average molecular weight is 503 g/mol. The maximum Gasteiger partial charge on any atom is 0.326 e. The van der Waals surface area contributed by atoms with Crippen LogP contribution in [-0.4, -0.2) is 78.1 Å². The maximum atomic E-state index is 12.5. The van der Waals surface area contributed by atoms with E-state index in [9.17, 15) is 14.4 Å². The van der Waals surface area contributed by atoms with Gasteiger partial charge in [0.05, 0.1) is 18.3 Å². The van der Waals surface area contributed by atoms with Crippen molar-refractivity contribution in [2.24, 2.45) is 10.7 Å². The summed E-state index contributed by atoms with van der Waals surface area (Å²) in [7, 11) is 0. The van der Waals surface area contributed by atoms with Gasteiger partial charge in [-0.1, -0.05) is 6.07 Å². The van der Waals surface area contributed by atoms with E-state index in [0.717, 1.165) is 31.5 Å². The summed E-state index contributed by atoms with van der Waals surface area (Å²) in [5.41, 5.74) is 6.50. The van der Waals surface area contributed by atoms with Crippen LogP contribution in [0, 0.1) is 0 Å². The zero-order chi connectivity index (χ0) is 26.3. The quantitative estimate of drug-likeness (QED) is 0.438. The molecule has 0 saturated carbocycles. The second-order valence-corrected chi connectivity index (χ2v) is 9.95. The molecule has 0 aromatic heterocycles. The van der Waals surface area contributed by atoms with Crippen molar-refractivity contribution in [1.82, 2.24) is 20.4 Å². The van der Waals surface area contributed by atoms with E-state index in [0.29, 0.717) is 37.6 Å². The van der Waals surface area contributed by atoms with Crippen molar-refractivity contribution in [2.75, 3.05) is 32.8 Å². The molecule has 2 aliphatic rings. The molecule has 3 amide bonds. The summed E-state index contributed by atoms with van der Waals surface area (Å²) in [5.74, 6) is 0.0966. The molecule has 3 rings (SSSR count). The minimum Gasteiger partial charge on any atom is -0.493 e. The number of nitrogens with two attached hydrogens (primary N) is 1. The zero-order valence-electron chi connectivity index (χ0n) is 21.6. The fraction of sp³-hybridized carbons (Fsp3) is 0.600. The molecular weight excluding hydrogens is 464 g/mol. The second kappa shape index (κ2) is 12.1. The normalized spacial score (nSPS) is 16.6. The molecule has 1 aromatic carbocycles. The van der Waals surface area contributed by atoms with Crippen LogP contribution in [0.25, 0.3) is 0 Å². The molecule has 11 heteroatoms. The van der Waals surface area contributed by atoms with E-state index in [1.54, 1.807) is 31.7 Å². The highest BCUT2D eigenvalue weighted by atomic mass is 16.6. The van der Waals surface area contributed by atoms with Crippen LogP contribution in [0.3, 0.4) is 0 Å². The molecule has 4 N–H and O–H groups in total. The number of esters is 1. The molecule has 2 aliphatic heterocycles. The Morgan fingerprint density at radius 1 is 1.19 bits per heavy atom. The third kappa shape index (κ3) is 7.84. The lowest BCUT2D eigenvalue weighted by Crippen LogP contribution is -2.50. The highest BCUT2D eigenvalue weighted by Crippen LogP contribution is 2.30. The Bertz CT molecular complexity index is 984. The van der Waals surface area contributed by atoms with Gasteiger partial charge in [-0.3, -0.25) is 19.8 Å². The van der Waals surface area contributed by atoms with E-state index in [1.807, 2.05) is 19.1 Å². The topological polar surface area (TPSA) is 139 Å². The standard InChI is InChI=1S/C25H38N6O5/c1-5-27-24(34)29-23-28-19-14-18(35-13-10-20(22(26)33)30-11-6-7-12-30)9-8-17(19)15-31(23)16-21(32)36-25(2,3)4/h8-9,14,20H,5-7,10-13,15-16H2,1-4H3,(H2,26,33)(H2,27,28,29,34). The summed E-state index contributed by atoms with van der Waals surface area (Å²) in [4.78, 5) is 44.9. The van der Waals surface area contributed by atoms with Crippen molar-refractivity contribution in [3.05, 3.63) is 23.8 Å². The first-order valence-corrected chi connectivity index (χ1v) is 12.4. The molecule has 1 unspecified atom stereocenters. The summed E-state index contributed by atoms with van der Waals surface area (Å²) in [6.45, 7) is 10.1. The van der Waals surface area contributed by atoms with E-state index in [1.165, 1.54) is 0 Å². The largest absolute Gasteiger partial charge is 0.493 e. The lowest BCUT2D eigenvalue weighted by atomic mass is 10.1. The Labute approximate surface area is 212 Å². The van der Waals surface area contributed by atoms with Gasteiger partial charge in [0.15, 0.2) is 0 Å². The van der Waals surface area contributed by atoms with Crippen LogP contribution in [0.1, 0.15) is 52.5 Å². The number of amides is 3. The van der Waals surface area contributed by atoms with E-state index in [-0.39, 0.29) is 24.5 Å². The monoisotopic (exact) mass is 502 g/mol. The summed E-state index contributed by atoms with van der Waals surface area (Å²) in [6.07, 6.45) is 2.65. The molecule has 0 radical (unpaired) electrons. The smallest absolute Gasteiger partial charge is 0.326 e. The predicted octanol–water partition coefficient (Wildman–Crippen LogP) is 1.87. The molecule has 36 heavy (non-hydrogen) atoms. The SMILES string of the molecule is CCNC(=O)NC1=Nc2cc(OCCC(C(N)=O)N3CCCC3)ccc2CN1CC(=O)OC(C)(C)C. The Morgan fingerprint density at radius 2 is 1.92 bits per heavy atom. The van der Waals surface area contributed by atoms with Gasteiger partial charge in [-0.2, -0.15) is 0 Å². The number of benzene rings is 1. The first kappa shape index (κ1) is 27.3. The number of primary amides is 1. The van der Waals surface area contributed by atoms with Crippen LogP contribution in [0.2, 0.25) is 0 Å². The number of fused-ring (bicyclic) bond motifs is 1. The Balaban J connectivity index is 1.70. The van der Waals surface area contributed by atoms with Crippen LogP contribution in [0.4, 0.5) is 10.5 Å². The number of likely N-dealkylation sites (tertiary alicyclic amines) is 1. The van der Waals surface area contributed by atoms with E-state index in [4.69, 9.17) is 15.2 Å². The second-order valence-electron chi connectivity index (χ2n) is 9.95. The van der Waals surface area contributed by atoms with Gasteiger partial charge in [0.1, 0.15) is 17.9 Å². The Morgan fingerprint density at radius 3 is 2.56 bits per heavy atom. The van der Waals surface area contributed by atoms with Crippen molar-refractivity contribution in [1.29, 1.82) is 0 Å². The van der Waals surface area contributed by atoms with E-state index < -0.39 is 17.6 Å². The first-order valence-electron chi connectivity index (χ1n) is 12.4. The Kier molecular flexibility index (Phi) is 9.14. The summed E-state index contributed by atoms with van der Waals surface area (Å²) >= 11 is 0. The van der Waals surface area contributed by atoms with Gasteiger partial charge >= 0.3 is 12.0 Å². The lowest BCUT2D eigenvalue weighted by Gasteiger charge is -2.31. The van der Waals surface area contributed by atoms with Gasteiger partial charge in [0, 0.05) is 25.6 Å². The van der Waals surface area contributed by atoms with Gasteiger partial charge in [0.2, 0.25) is 11.9 Å². The average Bonchev–Trinajstić information content (AvgIpc) is 3.30. The molecule has 0 bridgehead atoms. The first-order chi connectivity index (χ1) is 17.1. The van der Waals surface area contributed by atoms with Crippen molar-refractivity contribution in [3.8, 4) is 5.75 Å². The highest BCUT2D eigenvalue weighted by Gasteiger charge is 2.28. The summed E-state index contributed by atoms with van der Waals surface area (Å²) < 4.78 is 11.4. The predicted molar refractivity (Wildman–Crippen MR) is 136 cm³/mol. The molecule has 0 aliphatic carbocycles. The lowest BCUT2D eigenvalue weighted by molar-refractivity contribution is -0.155. The van der Waals surface area contributed by atoms with E-state index in [2.05, 4.69) is 20.5 Å². The molecule has 1 saturated heterocycles. The maximum absolute atomic E-state index is 12.5. The molecular formula is C25H38N6O5. The number of hydrogen-bond donors (Lipinski definition) is 3. The molecule has 1 aromatic rings. The minimum atomic E-state index is -0.621. The van der Waals surface area contributed by atoms with E-state index >= 15 is 0 Å². The molecule has 0 spiro atoms. The van der Waals surface area contributed by atoms with Crippen LogP contribution in [-0.2, 0) is 20.9 Å². The van der Waals surface area contributed by atoms with Crippen molar-refractivity contribution in [3.63, 3.8) is 0 Å². The third-order valence-corrected chi connectivity index (χ3v) is 5.82. The third-order valence-electron chi connectivity index (χ3n) is 5.82. The molecule has 1 atom stereocenters. The number of hydrogen-bond acceptors (Lipinski definition) is 8. The number of nitrogens with one attached hydrogen (secondary N) is 2. The van der Waals surface area contributed by atoms with Crippen LogP contribution in [0.15, 0.2) is 23.2 Å². The van der Waals surface area contributed by atoms with Gasteiger partial charge in [-0.15, -0.1) is 0 Å². The number of guanidine groups is 1. The van der Waals surface area contributed by atoms with Crippen LogP contribution in [0.5, 0.6) is 5.75 Å². The van der Waals surface area contributed by atoms with Gasteiger partial charge in [0.25, 0.3) is 0 Å². The fourth-order valence-corrected chi connectivity index (χ4v) is 4.26. The number of nitrogens with zero attached hydrogens (tertiary/aromatic N) is 3. The number of rotatable bonds is 9. The fourth-order valence-electron chi connectivity index (χ4n) is 4.26. The van der Waals surface area contributed by atoms with Crippen molar-refractivity contribution < 1.29 is 23.9 Å². The van der Waals surface area contributed by atoms with Crippen molar-refractivity contribution >= 4 is 29.6 Å². The van der Waals surface area contributed by atoms with Crippen LogP contribution < -0.4 is 21.1 Å². The number of ether oxygens (including phenoxy) is 2. The summed E-state index contributed by atoms with van der Waals surface area (Å²) in [5, 5.41) is 5.39. The van der Waals surface area contributed by atoms with Crippen molar-refractivity contribution in [2.45, 2.75) is 65.1 Å². The number of carbonyl (C=O) groups excluding carboxylic acids is 3. The highest BCUT2D eigenvalue weighted by molar-refractivity contribution is 5.99. The van der Waals surface area contributed by atoms with Crippen LogP contribution >= 0.6 is 0 Å². The minimum absolute atomic E-state index is 0.0643. The van der Waals surface area contributed by atoms with Gasteiger partial charge in [-0.05, 0) is 65.3 Å². The number of aliphatic imine (C=N–C) groups is 1. The molecule has 11 nitrogen and oxygen atoms in total. The van der Waals surface area contributed by atoms with Gasteiger partial charge < -0.3 is 25.4 Å². The number of urea groups is 1. The number of carbonyl (C=O) groups is 3. The zero-order valence-corrected chi connectivity index (χ0v) is 21.6. The molecule has 1 fully saturated rings. The van der Waals surface area contributed by atoms with Gasteiger partial charge in [-0.25, -0.2) is 9.79 Å². The summed E-state index contributed by atoms with van der Waals surface area (Å²) in [6, 6.07) is 4.75.